The quantitative estimate of drug-likeness (QED) is 0.805. The Morgan fingerprint density at radius 1 is 1.39 bits per heavy atom. The van der Waals surface area contributed by atoms with Crippen LogP contribution in [0.4, 0.5) is 0 Å². The first-order valence-corrected chi connectivity index (χ1v) is 7.24. The molecule has 2 fully saturated rings. The first-order valence-electron chi connectivity index (χ1n) is 7.24. The normalized spacial score (nSPS) is 31.6. The van der Waals surface area contributed by atoms with E-state index in [1.807, 2.05) is 7.05 Å². The van der Waals surface area contributed by atoms with Crippen molar-refractivity contribution in [3.05, 3.63) is 0 Å². The van der Waals surface area contributed by atoms with E-state index in [2.05, 4.69) is 28.2 Å². The van der Waals surface area contributed by atoms with Crippen LogP contribution in [0, 0.1) is 17.2 Å². The van der Waals surface area contributed by atoms with Crippen molar-refractivity contribution >= 4 is 0 Å². The van der Waals surface area contributed by atoms with Crippen molar-refractivity contribution in [2.75, 3.05) is 40.3 Å². The number of nitrogens with one attached hydrogen (secondary N) is 1. The fourth-order valence-corrected chi connectivity index (χ4v) is 3.52. The molecule has 102 valence electrons. The van der Waals surface area contributed by atoms with Crippen LogP contribution in [0.2, 0.25) is 0 Å². The van der Waals surface area contributed by atoms with Gasteiger partial charge in [-0.2, -0.15) is 5.26 Å². The van der Waals surface area contributed by atoms with Crippen molar-refractivity contribution in [2.24, 2.45) is 5.92 Å². The maximum absolute atomic E-state index is 8.94. The molecule has 0 aromatic carbocycles. The largest absolute Gasteiger partial charge is 0.305 e. The van der Waals surface area contributed by atoms with E-state index in [9.17, 15) is 0 Å². The molecule has 2 heterocycles. The first kappa shape index (κ1) is 13.8. The molecule has 0 spiro atoms. The molecule has 2 rings (SSSR count). The van der Waals surface area contributed by atoms with Crippen LogP contribution in [0.3, 0.4) is 0 Å². The molecule has 2 aliphatic heterocycles. The Hall–Kier alpha value is -0.630. The van der Waals surface area contributed by atoms with E-state index in [-0.39, 0.29) is 6.04 Å². The molecule has 0 saturated carbocycles. The van der Waals surface area contributed by atoms with Crippen molar-refractivity contribution in [3.8, 4) is 6.07 Å². The van der Waals surface area contributed by atoms with Gasteiger partial charge in [-0.3, -0.25) is 0 Å². The van der Waals surface area contributed by atoms with Gasteiger partial charge in [-0.05, 0) is 58.8 Å². The fourth-order valence-electron chi connectivity index (χ4n) is 3.52. The Balaban J connectivity index is 1.78. The highest BCUT2D eigenvalue weighted by Gasteiger charge is 2.33. The van der Waals surface area contributed by atoms with Gasteiger partial charge in [0.2, 0.25) is 0 Å². The van der Waals surface area contributed by atoms with Crippen LogP contribution in [0.15, 0.2) is 0 Å². The molecule has 3 unspecified atom stereocenters. The third-order valence-electron chi connectivity index (χ3n) is 4.67. The molecule has 3 atom stereocenters. The lowest BCUT2D eigenvalue weighted by atomic mass is 9.84. The van der Waals surface area contributed by atoms with E-state index in [1.165, 1.54) is 38.9 Å². The second-order valence-electron chi connectivity index (χ2n) is 5.80. The van der Waals surface area contributed by atoms with Crippen molar-refractivity contribution in [1.29, 1.82) is 5.26 Å². The number of fused-ring (bicyclic) bond motifs is 1. The van der Waals surface area contributed by atoms with E-state index < -0.39 is 0 Å². The van der Waals surface area contributed by atoms with Crippen LogP contribution in [-0.2, 0) is 0 Å². The smallest absolute Gasteiger partial charge is 0.0962 e. The standard InChI is InChI=1S/C14H26N4/c1-16-13(10-15)5-8-18-9-6-14-12(11-18)4-3-7-17(14)2/h12-14,16H,3-9,11H2,1-2H3. The lowest BCUT2D eigenvalue weighted by molar-refractivity contribution is 0.0378. The molecule has 0 aromatic rings. The Morgan fingerprint density at radius 3 is 2.94 bits per heavy atom. The van der Waals surface area contributed by atoms with Gasteiger partial charge >= 0.3 is 0 Å². The summed E-state index contributed by atoms with van der Waals surface area (Å²) in [6.45, 7) is 4.77. The molecule has 0 radical (unpaired) electrons. The number of nitriles is 1. The zero-order chi connectivity index (χ0) is 13.0. The van der Waals surface area contributed by atoms with Crippen LogP contribution in [0.1, 0.15) is 25.7 Å². The summed E-state index contributed by atoms with van der Waals surface area (Å²) in [6.07, 6.45) is 4.99. The SMILES string of the molecule is CNC(C#N)CCN1CCC2C(CCCN2C)C1. The average Bonchev–Trinajstić information content (AvgIpc) is 2.40. The summed E-state index contributed by atoms with van der Waals surface area (Å²) in [5.74, 6) is 0.854. The minimum Gasteiger partial charge on any atom is -0.305 e. The molecule has 0 aliphatic carbocycles. The fraction of sp³-hybridized carbons (Fsp3) is 0.929. The maximum Gasteiger partial charge on any atom is 0.0962 e. The number of rotatable bonds is 4. The number of piperidine rings is 2. The highest BCUT2D eigenvalue weighted by Crippen LogP contribution is 2.29. The van der Waals surface area contributed by atoms with Gasteiger partial charge in [-0.25, -0.2) is 0 Å². The second kappa shape index (κ2) is 6.51. The zero-order valence-corrected chi connectivity index (χ0v) is 11.7. The summed E-state index contributed by atoms with van der Waals surface area (Å²) in [7, 11) is 4.15. The zero-order valence-electron chi connectivity index (χ0n) is 11.7. The summed E-state index contributed by atoms with van der Waals surface area (Å²) in [5.41, 5.74) is 0. The van der Waals surface area contributed by atoms with Crippen LogP contribution >= 0.6 is 0 Å². The highest BCUT2D eigenvalue weighted by atomic mass is 15.2. The second-order valence-corrected chi connectivity index (χ2v) is 5.80. The minimum atomic E-state index is 0.0109. The van der Waals surface area contributed by atoms with Crippen LogP contribution in [0.25, 0.3) is 0 Å². The molecule has 1 N–H and O–H groups in total. The predicted octanol–water partition coefficient (Wildman–Crippen LogP) is 0.904. The highest BCUT2D eigenvalue weighted by molar-refractivity contribution is 4.92. The van der Waals surface area contributed by atoms with Gasteiger partial charge in [0.15, 0.2) is 0 Å². The van der Waals surface area contributed by atoms with E-state index >= 15 is 0 Å². The van der Waals surface area contributed by atoms with E-state index in [4.69, 9.17) is 5.26 Å². The number of nitrogens with zero attached hydrogens (tertiary/aromatic N) is 3. The summed E-state index contributed by atoms with van der Waals surface area (Å²) in [4.78, 5) is 5.11. The third-order valence-corrected chi connectivity index (χ3v) is 4.67. The van der Waals surface area contributed by atoms with E-state index in [1.54, 1.807) is 0 Å². The number of hydrogen-bond acceptors (Lipinski definition) is 4. The van der Waals surface area contributed by atoms with E-state index in [0.717, 1.165) is 24.9 Å². The van der Waals surface area contributed by atoms with Crippen LogP contribution < -0.4 is 5.32 Å². The van der Waals surface area contributed by atoms with Crippen molar-refractivity contribution < 1.29 is 0 Å². The van der Waals surface area contributed by atoms with E-state index in [0.29, 0.717) is 0 Å². The molecule has 0 aromatic heterocycles. The van der Waals surface area contributed by atoms with Gasteiger partial charge in [-0.15, -0.1) is 0 Å². The minimum absolute atomic E-state index is 0.0109. The Bertz CT molecular complexity index is 299. The monoisotopic (exact) mass is 250 g/mol. The van der Waals surface area contributed by atoms with Gasteiger partial charge in [-0.1, -0.05) is 0 Å². The Morgan fingerprint density at radius 2 is 2.22 bits per heavy atom. The van der Waals surface area contributed by atoms with Crippen molar-refractivity contribution in [2.45, 2.75) is 37.8 Å². The van der Waals surface area contributed by atoms with Gasteiger partial charge in [0.25, 0.3) is 0 Å². The maximum atomic E-state index is 8.94. The molecule has 4 heteroatoms. The van der Waals surface area contributed by atoms with Crippen molar-refractivity contribution in [1.82, 2.24) is 15.1 Å². The predicted molar refractivity (Wildman–Crippen MR) is 73.3 cm³/mol. The molecule has 4 nitrogen and oxygen atoms in total. The lowest BCUT2D eigenvalue weighted by Crippen LogP contribution is -2.53. The molecule has 18 heavy (non-hydrogen) atoms. The average molecular weight is 250 g/mol. The molecule has 2 aliphatic rings. The summed E-state index contributed by atoms with van der Waals surface area (Å²) < 4.78 is 0. The topological polar surface area (TPSA) is 42.3 Å². The number of likely N-dealkylation sites (tertiary alicyclic amines) is 2. The summed E-state index contributed by atoms with van der Waals surface area (Å²) >= 11 is 0. The number of hydrogen-bond donors (Lipinski definition) is 1. The molecular weight excluding hydrogens is 224 g/mol. The van der Waals surface area contributed by atoms with Gasteiger partial charge in [0.1, 0.15) is 0 Å². The third kappa shape index (κ3) is 3.23. The summed E-state index contributed by atoms with van der Waals surface area (Å²) in [5, 5.41) is 12.0. The molecule has 2 saturated heterocycles. The molecule has 0 bridgehead atoms. The lowest BCUT2D eigenvalue weighted by Gasteiger charge is -2.46. The van der Waals surface area contributed by atoms with Gasteiger partial charge in [0, 0.05) is 19.1 Å². The molecule has 0 amide bonds. The Kier molecular flexibility index (Phi) is 4.99. The van der Waals surface area contributed by atoms with Gasteiger partial charge in [0.05, 0.1) is 12.1 Å². The molecular formula is C14H26N4. The van der Waals surface area contributed by atoms with Crippen LogP contribution in [0.5, 0.6) is 0 Å². The first-order chi connectivity index (χ1) is 8.74. The van der Waals surface area contributed by atoms with Crippen molar-refractivity contribution in [3.63, 3.8) is 0 Å². The summed E-state index contributed by atoms with van der Waals surface area (Å²) in [6, 6.07) is 3.13. The van der Waals surface area contributed by atoms with Crippen LogP contribution in [-0.4, -0.2) is 62.2 Å². The van der Waals surface area contributed by atoms with Gasteiger partial charge < -0.3 is 15.1 Å². The Labute approximate surface area is 111 Å².